The van der Waals surface area contributed by atoms with Gasteiger partial charge >= 0.3 is 0 Å². The monoisotopic (exact) mass is 357 g/mol. The first-order chi connectivity index (χ1) is 9.54. The number of amidine groups is 1. The molecule has 0 radical (unpaired) electrons. The Bertz CT molecular complexity index is 631. The van der Waals surface area contributed by atoms with Crippen LogP contribution in [0.4, 0.5) is 10.1 Å². The highest BCUT2D eigenvalue weighted by atomic mass is 79.9. The Hall–Kier alpha value is -1.60. The highest BCUT2D eigenvalue weighted by molar-refractivity contribution is 9.10. The molecule has 0 bridgehead atoms. The van der Waals surface area contributed by atoms with Gasteiger partial charge in [0.1, 0.15) is 0 Å². The van der Waals surface area contributed by atoms with Crippen molar-refractivity contribution < 1.29 is 9.60 Å². The van der Waals surface area contributed by atoms with E-state index in [1.54, 1.807) is 28.4 Å². The number of halogens is 2. The molecule has 0 atom stereocenters. The molecular weight excluding hydrogens is 345 g/mol. The van der Waals surface area contributed by atoms with Crippen molar-refractivity contribution in [1.82, 2.24) is 0 Å². The third-order valence-electron chi connectivity index (χ3n) is 2.86. The fourth-order valence-corrected chi connectivity index (χ4v) is 3.03. The zero-order valence-electron chi connectivity index (χ0n) is 10.7. The van der Waals surface area contributed by atoms with E-state index >= 15 is 0 Å². The first kappa shape index (κ1) is 14.8. The molecule has 7 heteroatoms. The maximum Gasteiger partial charge on any atom is 0.171 e. The molecule has 106 valence electrons. The smallest absolute Gasteiger partial charge is 0.171 e. The number of oxime groups is 1. The molecule has 3 N–H and O–H groups in total. The molecule has 0 spiro atoms. The van der Waals surface area contributed by atoms with Crippen LogP contribution in [0.15, 0.2) is 38.6 Å². The molecule has 0 saturated carbocycles. The van der Waals surface area contributed by atoms with Gasteiger partial charge < -0.3 is 15.8 Å². The third-order valence-corrected chi connectivity index (χ3v) is 4.36. The Morgan fingerprint density at radius 2 is 2.25 bits per heavy atom. The Kier molecular flexibility index (Phi) is 4.61. The first-order valence-corrected chi connectivity index (χ1v) is 7.46. The lowest BCUT2D eigenvalue weighted by atomic mass is 10.1. The fourth-order valence-electron chi connectivity index (χ4n) is 1.83. The van der Waals surface area contributed by atoms with E-state index in [-0.39, 0.29) is 10.3 Å². The normalized spacial score (nSPS) is 11.7. The first-order valence-electron chi connectivity index (χ1n) is 5.72. The van der Waals surface area contributed by atoms with E-state index in [4.69, 9.17) is 10.9 Å². The van der Waals surface area contributed by atoms with Crippen LogP contribution in [-0.2, 0) is 6.54 Å². The van der Waals surface area contributed by atoms with Gasteiger partial charge in [0.25, 0.3) is 0 Å². The van der Waals surface area contributed by atoms with Gasteiger partial charge in [0.05, 0.1) is 10.2 Å². The van der Waals surface area contributed by atoms with Crippen molar-refractivity contribution in [2.75, 3.05) is 11.9 Å². The van der Waals surface area contributed by atoms with Gasteiger partial charge in [-0.2, -0.15) is 11.3 Å². The van der Waals surface area contributed by atoms with Gasteiger partial charge in [-0.25, -0.2) is 4.39 Å². The molecule has 2 rings (SSSR count). The van der Waals surface area contributed by atoms with Crippen LogP contribution in [0.5, 0.6) is 0 Å². The molecule has 2 aromatic rings. The Morgan fingerprint density at radius 3 is 2.85 bits per heavy atom. The maximum atomic E-state index is 14.4. The van der Waals surface area contributed by atoms with E-state index in [1.807, 2.05) is 23.9 Å². The number of anilines is 1. The van der Waals surface area contributed by atoms with Gasteiger partial charge in [-0.05, 0) is 50.5 Å². The summed E-state index contributed by atoms with van der Waals surface area (Å²) in [6, 6.07) is 5.22. The lowest BCUT2D eigenvalue weighted by molar-refractivity contribution is 0.318. The van der Waals surface area contributed by atoms with E-state index in [9.17, 15) is 4.39 Å². The molecule has 0 saturated heterocycles. The molecular formula is C13H13BrFN3OS. The number of rotatable bonds is 4. The summed E-state index contributed by atoms with van der Waals surface area (Å²) in [5.41, 5.74) is 7.37. The van der Waals surface area contributed by atoms with Crippen molar-refractivity contribution in [1.29, 1.82) is 0 Å². The summed E-state index contributed by atoms with van der Waals surface area (Å²) in [6.45, 7) is 0.607. The minimum atomic E-state index is -0.438. The predicted molar refractivity (Wildman–Crippen MR) is 83.0 cm³/mol. The summed E-state index contributed by atoms with van der Waals surface area (Å²) in [4.78, 5) is 1.80. The quantitative estimate of drug-likeness (QED) is 0.381. The minimum Gasteiger partial charge on any atom is -0.409 e. The summed E-state index contributed by atoms with van der Waals surface area (Å²) < 4.78 is 14.5. The SMILES string of the molecule is CN(Cc1ccsc1)c1ccc(/C(N)=N/O)c(Br)c1F. The lowest BCUT2D eigenvalue weighted by Crippen LogP contribution is -2.19. The molecule has 4 nitrogen and oxygen atoms in total. The number of nitrogens with zero attached hydrogens (tertiary/aromatic N) is 2. The second-order valence-corrected chi connectivity index (χ2v) is 5.81. The maximum absolute atomic E-state index is 14.4. The molecule has 20 heavy (non-hydrogen) atoms. The Labute approximate surface area is 128 Å². The van der Waals surface area contributed by atoms with Crippen LogP contribution < -0.4 is 10.6 Å². The second-order valence-electron chi connectivity index (χ2n) is 4.23. The number of hydrogen-bond donors (Lipinski definition) is 2. The summed E-state index contributed by atoms with van der Waals surface area (Å²) in [5.74, 6) is -0.574. The van der Waals surface area contributed by atoms with Crippen LogP contribution in [0.2, 0.25) is 0 Å². The summed E-state index contributed by atoms with van der Waals surface area (Å²) >= 11 is 4.75. The van der Waals surface area contributed by atoms with E-state index in [0.717, 1.165) is 5.56 Å². The van der Waals surface area contributed by atoms with Crippen molar-refractivity contribution in [2.24, 2.45) is 10.9 Å². The number of nitrogens with two attached hydrogens (primary N) is 1. The van der Waals surface area contributed by atoms with E-state index in [0.29, 0.717) is 17.8 Å². The average Bonchev–Trinajstić information content (AvgIpc) is 2.93. The summed E-state index contributed by atoms with van der Waals surface area (Å²) in [7, 11) is 1.81. The van der Waals surface area contributed by atoms with Gasteiger partial charge in [0.15, 0.2) is 11.7 Å². The van der Waals surface area contributed by atoms with Crippen LogP contribution in [0.3, 0.4) is 0 Å². The van der Waals surface area contributed by atoms with Crippen molar-refractivity contribution in [3.05, 3.63) is 50.4 Å². The summed E-state index contributed by atoms with van der Waals surface area (Å²) in [6.07, 6.45) is 0. The van der Waals surface area contributed by atoms with E-state index < -0.39 is 5.82 Å². The second kappa shape index (κ2) is 6.23. The average molecular weight is 358 g/mol. The predicted octanol–water partition coefficient (Wildman–Crippen LogP) is 3.38. The van der Waals surface area contributed by atoms with Crippen molar-refractivity contribution >= 4 is 38.8 Å². The molecule has 0 aliphatic rings. The molecule has 0 fully saturated rings. The third kappa shape index (κ3) is 2.94. The topological polar surface area (TPSA) is 61.8 Å². The number of thiophene rings is 1. The molecule has 0 unspecified atom stereocenters. The number of benzene rings is 1. The molecule has 0 amide bonds. The van der Waals surface area contributed by atoms with Crippen LogP contribution in [-0.4, -0.2) is 18.1 Å². The van der Waals surface area contributed by atoms with Crippen molar-refractivity contribution in [2.45, 2.75) is 6.54 Å². The van der Waals surface area contributed by atoms with Crippen LogP contribution in [0, 0.1) is 5.82 Å². The molecule has 0 aliphatic heterocycles. The van der Waals surface area contributed by atoms with Gasteiger partial charge in [0, 0.05) is 19.2 Å². The highest BCUT2D eigenvalue weighted by Gasteiger charge is 2.16. The Balaban J connectivity index is 2.31. The molecule has 0 aliphatic carbocycles. The zero-order valence-corrected chi connectivity index (χ0v) is 13.1. The van der Waals surface area contributed by atoms with Crippen LogP contribution in [0.25, 0.3) is 0 Å². The lowest BCUT2D eigenvalue weighted by Gasteiger charge is -2.20. The fraction of sp³-hybridized carbons (Fsp3) is 0.154. The van der Waals surface area contributed by atoms with Crippen molar-refractivity contribution in [3.63, 3.8) is 0 Å². The van der Waals surface area contributed by atoms with E-state index in [2.05, 4.69) is 21.1 Å². The van der Waals surface area contributed by atoms with E-state index in [1.165, 1.54) is 0 Å². The largest absolute Gasteiger partial charge is 0.409 e. The van der Waals surface area contributed by atoms with Crippen LogP contribution >= 0.6 is 27.3 Å². The van der Waals surface area contributed by atoms with Gasteiger partial charge in [0.2, 0.25) is 0 Å². The molecule has 1 aromatic heterocycles. The number of hydrogen-bond acceptors (Lipinski definition) is 4. The zero-order chi connectivity index (χ0) is 14.7. The minimum absolute atomic E-state index is 0.136. The standard InChI is InChI=1S/C13H13BrFN3OS/c1-18(6-8-4-5-20-7-8)10-3-2-9(13(16)17-19)11(14)12(10)15/h2-5,7,19H,6H2,1H3,(H2,16,17). The summed E-state index contributed by atoms with van der Waals surface area (Å²) in [5, 5.41) is 15.6. The van der Waals surface area contributed by atoms with Gasteiger partial charge in [-0.3, -0.25) is 0 Å². The van der Waals surface area contributed by atoms with Gasteiger partial charge in [-0.1, -0.05) is 5.16 Å². The highest BCUT2D eigenvalue weighted by Crippen LogP contribution is 2.29. The molecule has 1 heterocycles. The van der Waals surface area contributed by atoms with Crippen molar-refractivity contribution in [3.8, 4) is 0 Å². The van der Waals surface area contributed by atoms with Gasteiger partial charge in [-0.15, -0.1) is 0 Å². The molecule has 1 aromatic carbocycles. The Morgan fingerprint density at radius 1 is 1.50 bits per heavy atom. The van der Waals surface area contributed by atoms with Crippen LogP contribution in [0.1, 0.15) is 11.1 Å².